The molecule has 4 rings (SSSR count). The van der Waals surface area contributed by atoms with Crippen molar-refractivity contribution in [1.29, 1.82) is 0 Å². The lowest BCUT2D eigenvalue weighted by Crippen LogP contribution is -2.53. The van der Waals surface area contributed by atoms with Crippen molar-refractivity contribution in [3.05, 3.63) is 45.0 Å². The van der Waals surface area contributed by atoms with Crippen LogP contribution in [-0.4, -0.2) is 65.7 Å². The van der Waals surface area contributed by atoms with Crippen LogP contribution < -0.4 is 15.5 Å². The Morgan fingerprint density at radius 3 is 2.62 bits per heavy atom. The molecular weight excluding hydrogens is 478 g/mol. The predicted molar refractivity (Wildman–Crippen MR) is 126 cm³/mol. The van der Waals surface area contributed by atoms with Crippen molar-refractivity contribution >= 4 is 52.5 Å². The number of hydrogen-bond acceptors (Lipinski definition) is 6. The van der Waals surface area contributed by atoms with Gasteiger partial charge in [-0.05, 0) is 24.6 Å². The number of halogens is 4. The van der Waals surface area contributed by atoms with E-state index in [1.54, 1.807) is 23.2 Å². The third-order valence-corrected chi connectivity index (χ3v) is 6.60. The van der Waals surface area contributed by atoms with E-state index in [0.29, 0.717) is 53.0 Å². The van der Waals surface area contributed by atoms with E-state index in [1.165, 1.54) is 0 Å². The Labute approximate surface area is 201 Å². The molecule has 0 spiro atoms. The highest BCUT2D eigenvalue weighted by atomic mass is 35.5. The molecule has 11 heteroatoms. The molecule has 2 N–H and O–H groups in total. The van der Waals surface area contributed by atoms with Crippen LogP contribution in [0.2, 0.25) is 15.1 Å². The molecule has 1 aromatic heterocycles. The minimum absolute atomic E-state index is 0.0437. The predicted octanol–water partition coefficient (Wildman–Crippen LogP) is 3.96. The average Bonchev–Trinajstić information content (AvgIpc) is 3.21. The SMILES string of the molecule is C[C@@H](Nc1nc(N2CCN(C(=O)[C@H]3C[C@H](F)CN3)CC2)ncc1Cl)c1ccc(Cl)cc1Cl. The van der Waals surface area contributed by atoms with Crippen molar-refractivity contribution in [2.75, 3.05) is 42.9 Å². The van der Waals surface area contributed by atoms with Gasteiger partial charge in [-0.15, -0.1) is 0 Å². The molecule has 7 nitrogen and oxygen atoms in total. The number of nitrogens with zero attached hydrogens (tertiary/aromatic N) is 4. The molecule has 1 amide bonds. The third-order valence-electron chi connectivity index (χ3n) is 5.76. The number of piperazine rings is 1. The first-order chi connectivity index (χ1) is 15.3. The van der Waals surface area contributed by atoms with Crippen molar-refractivity contribution < 1.29 is 9.18 Å². The summed E-state index contributed by atoms with van der Waals surface area (Å²) < 4.78 is 13.4. The topological polar surface area (TPSA) is 73.4 Å². The van der Waals surface area contributed by atoms with Gasteiger partial charge in [0.05, 0.1) is 18.3 Å². The smallest absolute Gasteiger partial charge is 0.239 e. The molecule has 32 heavy (non-hydrogen) atoms. The molecule has 0 aliphatic carbocycles. The molecular formula is C21H24Cl3FN6O. The molecule has 172 valence electrons. The second-order valence-corrected chi connectivity index (χ2v) is 9.26. The van der Waals surface area contributed by atoms with Crippen molar-refractivity contribution in [1.82, 2.24) is 20.2 Å². The number of rotatable bonds is 5. The Kier molecular flexibility index (Phi) is 7.24. The number of amides is 1. The third kappa shape index (κ3) is 5.20. The van der Waals surface area contributed by atoms with Gasteiger partial charge in [-0.3, -0.25) is 4.79 Å². The Morgan fingerprint density at radius 1 is 1.22 bits per heavy atom. The number of carbonyl (C=O) groups is 1. The highest BCUT2D eigenvalue weighted by Gasteiger charge is 2.33. The van der Waals surface area contributed by atoms with Crippen LogP contribution in [0.1, 0.15) is 24.9 Å². The number of carbonyl (C=O) groups excluding carboxylic acids is 1. The molecule has 2 saturated heterocycles. The Morgan fingerprint density at radius 2 is 1.97 bits per heavy atom. The summed E-state index contributed by atoms with van der Waals surface area (Å²) in [5.41, 5.74) is 0.871. The largest absolute Gasteiger partial charge is 0.362 e. The van der Waals surface area contributed by atoms with E-state index in [0.717, 1.165) is 5.56 Å². The fraction of sp³-hybridized carbons (Fsp3) is 0.476. The monoisotopic (exact) mass is 500 g/mol. The van der Waals surface area contributed by atoms with E-state index in [1.807, 2.05) is 17.9 Å². The first kappa shape index (κ1) is 23.3. The van der Waals surface area contributed by atoms with Crippen molar-refractivity contribution in [3.63, 3.8) is 0 Å². The molecule has 1 aromatic carbocycles. The Hall–Kier alpha value is -1.87. The van der Waals surface area contributed by atoms with E-state index in [9.17, 15) is 9.18 Å². The summed E-state index contributed by atoms with van der Waals surface area (Å²) in [7, 11) is 0. The zero-order valence-electron chi connectivity index (χ0n) is 17.5. The molecule has 2 aliphatic rings. The first-order valence-electron chi connectivity index (χ1n) is 10.5. The van der Waals surface area contributed by atoms with Gasteiger partial charge in [0.25, 0.3) is 0 Å². The zero-order chi connectivity index (χ0) is 22.8. The van der Waals surface area contributed by atoms with Gasteiger partial charge in [-0.2, -0.15) is 4.98 Å². The van der Waals surface area contributed by atoms with Gasteiger partial charge in [0, 0.05) is 49.2 Å². The van der Waals surface area contributed by atoms with E-state index in [-0.39, 0.29) is 24.9 Å². The second-order valence-electron chi connectivity index (χ2n) is 8.00. The standard InChI is InChI=1S/C21H24Cl3FN6O/c1-12(15-3-2-13(22)8-16(15)23)28-19-17(24)11-27-21(29-19)31-6-4-30(5-7-31)20(32)18-9-14(25)10-26-18/h2-3,8,11-12,14,18,26H,4-7,9-10H2,1H3,(H,27,28,29)/t12-,14+,18-/m1/s1. The van der Waals surface area contributed by atoms with Crippen molar-refractivity contribution in [3.8, 4) is 0 Å². The van der Waals surface area contributed by atoms with Crippen LogP contribution in [0.4, 0.5) is 16.2 Å². The molecule has 0 saturated carbocycles. The van der Waals surface area contributed by atoms with E-state index >= 15 is 0 Å². The van der Waals surface area contributed by atoms with E-state index in [2.05, 4.69) is 20.6 Å². The highest BCUT2D eigenvalue weighted by molar-refractivity contribution is 6.35. The molecule has 3 atom stereocenters. The number of aromatic nitrogens is 2. The summed E-state index contributed by atoms with van der Waals surface area (Å²) >= 11 is 18.6. The molecule has 0 radical (unpaired) electrons. The summed E-state index contributed by atoms with van der Waals surface area (Å²) in [5, 5.41) is 7.76. The van der Waals surface area contributed by atoms with Gasteiger partial charge in [0.15, 0.2) is 5.82 Å². The van der Waals surface area contributed by atoms with E-state index < -0.39 is 12.2 Å². The lowest BCUT2D eigenvalue weighted by Gasteiger charge is -2.36. The van der Waals surface area contributed by atoms with Gasteiger partial charge in [0.2, 0.25) is 11.9 Å². The van der Waals surface area contributed by atoms with Crippen LogP contribution in [0.15, 0.2) is 24.4 Å². The second kappa shape index (κ2) is 9.95. The number of hydrogen-bond donors (Lipinski definition) is 2. The normalized spacial score (nSPS) is 22.2. The summed E-state index contributed by atoms with van der Waals surface area (Å²) in [4.78, 5) is 25.3. The summed E-state index contributed by atoms with van der Waals surface area (Å²) in [6, 6.07) is 4.75. The quantitative estimate of drug-likeness (QED) is 0.646. The lowest BCUT2D eigenvalue weighted by atomic mass is 10.1. The van der Waals surface area contributed by atoms with Crippen LogP contribution in [-0.2, 0) is 4.79 Å². The molecule has 0 unspecified atom stereocenters. The van der Waals surface area contributed by atoms with Gasteiger partial charge >= 0.3 is 0 Å². The van der Waals surface area contributed by atoms with Gasteiger partial charge in [-0.1, -0.05) is 40.9 Å². The first-order valence-corrected chi connectivity index (χ1v) is 11.6. The number of benzene rings is 1. The van der Waals surface area contributed by atoms with Crippen LogP contribution in [0.3, 0.4) is 0 Å². The number of anilines is 2. The van der Waals surface area contributed by atoms with Gasteiger partial charge in [0.1, 0.15) is 11.2 Å². The molecule has 2 aliphatic heterocycles. The van der Waals surface area contributed by atoms with Gasteiger partial charge in [-0.25, -0.2) is 9.37 Å². The summed E-state index contributed by atoms with van der Waals surface area (Å²) in [5.74, 6) is 0.983. The maximum absolute atomic E-state index is 13.4. The molecule has 3 heterocycles. The minimum atomic E-state index is -0.955. The summed E-state index contributed by atoms with van der Waals surface area (Å²) in [6.07, 6.45) is 0.845. The van der Waals surface area contributed by atoms with Crippen LogP contribution in [0.25, 0.3) is 0 Å². The number of alkyl halides is 1. The lowest BCUT2D eigenvalue weighted by molar-refractivity contribution is -0.133. The fourth-order valence-corrected chi connectivity index (χ4v) is 4.69. The Bertz CT molecular complexity index is 988. The minimum Gasteiger partial charge on any atom is -0.362 e. The maximum Gasteiger partial charge on any atom is 0.239 e. The Balaban J connectivity index is 1.40. The van der Waals surface area contributed by atoms with E-state index in [4.69, 9.17) is 34.8 Å². The van der Waals surface area contributed by atoms with Crippen molar-refractivity contribution in [2.24, 2.45) is 0 Å². The maximum atomic E-state index is 13.4. The molecule has 0 bridgehead atoms. The van der Waals surface area contributed by atoms with Gasteiger partial charge < -0.3 is 20.4 Å². The van der Waals surface area contributed by atoms with Crippen LogP contribution in [0, 0.1) is 0 Å². The van der Waals surface area contributed by atoms with Crippen molar-refractivity contribution in [2.45, 2.75) is 31.6 Å². The zero-order valence-corrected chi connectivity index (χ0v) is 19.8. The summed E-state index contributed by atoms with van der Waals surface area (Å²) in [6.45, 7) is 4.41. The number of nitrogens with one attached hydrogen (secondary N) is 2. The molecule has 2 aromatic rings. The molecule has 2 fully saturated rings. The highest BCUT2D eigenvalue weighted by Crippen LogP contribution is 2.30. The average molecular weight is 502 g/mol. The fourth-order valence-electron chi connectivity index (χ4n) is 3.97. The van der Waals surface area contributed by atoms with Crippen LogP contribution in [0.5, 0.6) is 0 Å². The van der Waals surface area contributed by atoms with Crippen LogP contribution >= 0.6 is 34.8 Å².